The zero-order chi connectivity index (χ0) is 19.3. The monoisotopic (exact) mass is 394 g/mol. The van der Waals surface area contributed by atoms with Crippen LogP contribution in [0.4, 0.5) is 11.5 Å². The first kappa shape index (κ1) is 18.4. The molecule has 0 bridgehead atoms. The van der Waals surface area contributed by atoms with Crippen molar-refractivity contribution in [2.24, 2.45) is 0 Å². The minimum Gasteiger partial charge on any atom is -0.378 e. The van der Waals surface area contributed by atoms with Crippen molar-refractivity contribution in [3.63, 3.8) is 0 Å². The number of amides is 1. The number of carbonyl (C=O) groups is 1. The van der Waals surface area contributed by atoms with Gasteiger partial charge >= 0.3 is 0 Å². The third-order valence-corrected chi connectivity index (χ3v) is 4.75. The van der Waals surface area contributed by atoms with E-state index < -0.39 is 0 Å². The molecule has 142 valence electrons. The SMILES string of the molecule is O=C(Nc1ccc(-c2ccc(N3CCOCC3)nn2)cc1)c1cccc(Cl)c1. The third-order valence-electron chi connectivity index (χ3n) is 4.51. The number of nitrogens with one attached hydrogen (secondary N) is 1. The second kappa shape index (κ2) is 8.37. The van der Waals surface area contributed by atoms with Crippen molar-refractivity contribution in [3.05, 3.63) is 71.2 Å². The molecule has 7 heteroatoms. The van der Waals surface area contributed by atoms with Crippen LogP contribution in [0.3, 0.4) is 0 Å². The Morgan fingerprint density at radius 2 is 1.79 bits per heavy atom. The Labute approximate surface area is 168 Å². The van der Waals surface area contributed by atoms with Crippen molar-refractivity contribution >= 4 is 29.0 Å². The number of benzene rings is 2. The molecule has 0 radical (unpaired) electrons. The van der Waals surface area contributed by atoms with Crippen molar-refractivity contribution in [1.29, 1.82) is 0 Å². The fourth-order valence-electron chi connectivity index (χ4n) is 3.00. The van der Waals surface area contributed by atoms with E-state index in [1.54, 1.807) is 24.3 Å². The van der Waals surface area contributed by atoms with Gasteiger partial charge in [-0.2, -0.15) is 0 Å². The zero-order valence-corrected chi connectivity index (χ0v) is 15.9. The van der Waals surface area contributed by atoms with Crippen molar-refractivity contribution in [1.82, 2.24) is 10.2 Å². The van der Waals surface area contributed by atoms with Crippen LogP contribution in [0, 0.1) is 0 Å². The first-order valence-electron chi connectivity index (χ1n) is 9.03. The van der Waals surface area contributed by atoms with Gasteiger partial charge in [-0.25, -0.2) is 0 Å². The molecule has 1 aliphatic rings. The number of hydrogen-bond acceptors (Lipinski definition) is 5. The summed E-state index contributed by atoms with van der Waals surface area (Å²) in [6.45, 7) is 3.09. The summed E-state index contributed by atoms with van der Waals surface area (Å²) in [6.07, 6.45) is 0. The Balaban J connectivity index is 1.43. The molecule has 1 aromatic heterocycles. The predicted molar refractivity (Wildman–Crippen MR) is 110 cm³/mol. The highest BCUT2D eigenvalue weighted by Crippen LogP contribution is 2.22. The van der Waals surface area contributed by atoms with Crippen LogP contribution < -0.4 is 10.2 Å². The fraction of sp³-hybridized carbons (Fsp3) is 0.190. The maximum atomic E-state index is 12.3. The van der Waals surface area contributed by atoms with E-state index in [0.717, 1.165) is 30.2 Å². The Hall–Kier alpha value is -2.96. The summed E-state index contributed by atoms with van der Waals surface area (Å²) in [6, 6.07) is 18.3. The second-order valence-electron chi connectivity index (χ2n) is 6.42. The lowest BCUT2D eigenvalue weighted by Gasteiger charge is -2.27. The molecule has 2 heterocycles. The molecule has 1 N–H and O–H groups in total. The first-order chi connectivity index (χ1) is 13.7. The van der Waals surface area contributed by atoms with Crippen LogP contribution in [0.5, 0.6) is 0 Å². The summed E-state index contributed by atoms with van der Waals surface area (Å²) in [5.41, 5.74) is 2.93. The first-order valence-corrected chi connectivity index (χ1v) is 9.41. The molecule has 6 nitrogen and oxygen atoms in total. The average Bonchev–Trinajstić information content (AvgIpc) is 2.75. The van der Waals surface area contributed by atoms with Gasteiger partial charge in [0.05, 0.1) is 18.9 Å². The smallest absolute Gasteiger partial charge is 0.255 e. The normalized spacial score (nSPS) is 14.0. The van der Waals surface area contributed by atoms with Crippen molar-refractivity contribution in [2.75, 3.05) is 36.5 Å². The number of morpholine rings is 1. The Bertz CT molecular complexity index is 955. The minimum absolute atomic E-state index is 0.204. The number of ether oxygens (including phenoxy) is 1. The van der Waals surface area contributed by atoms with Crippen LogP contribution in [0.25, 0.3) is 11.3 Å². The highest BCUT2D eigenvalue weighted by atomic mass is 35.5. The van der Waals surface area contributed by atoms with E-state index in [1.165, 1.54) is 0 Å². The van der Waals surface area contributed by atoms with Gasteiger partial charge in [-0.15, -0.1) is 10.2 Å². The van der Waals surface area contributed by atoms with Gasteiger partial charge in [0.15, 0.2) is 5.82 Å². The summed E-state index contributed by atoms with van der Waals surface area (Å²) in [5, 5.41) is 12.1. The van der Waals surface area contributed by atoms with Gasteiger partial charge in [0.1, 0.15) is 0 Å². The molecular formula is C21H19ClN4O2. The number of rotatable bonds is 4. The molecule has 0 saturated carbocycles. The maximum Gasteiger partial charge on any atom is 0.255 e. The standard InChI is InChI=1S/C21H19ClN4O2/c22-17-3-1-2-16(14-17)21(27)23-18-6-4-15(5-7-18)19-8-9-20(25-24-19)26-10-12-28-13-11-26/h1-9,14H,10-13H2,(H,23,27). The second-order valence-corrected chi connectivity index (χ2v) is 6.85. The van der Waals surface area contributed by atoms with Crippen LogP contribution in [-0.2, 0) is 4.74 Å². The highest BCUT2D eigenvalue weighted by molar-refractivity contribution is 6.31. The summed E-state index contributed by atoms with van der Waals surface area (Å²) in [5.74, 6) is 0.655. The maximum absolute atomic E-state index is 12.3. The molecule has 1 fully saturated rings. The topological polar surface area (TPSA) is 67.4 Å². The fourth-order valence-corrected chi connectivity index (χ4v) is 3.19. The average molecular weight is 395 g/mol. The van der Waals surface area contributed by atoms with Gasteiger partial charge in [-0.3, -0.25) is 4.79 Å². The molecule has 0 spiro atoms. The van der Waals surface area contributed by atoms with E-state index in [9.17, 15) is 4.79 Å². The molecule has 3 aromatic rings. The van der Waals surface area contributed by atoms with E-state index in [1.807, 2.05) is 36.4 Å². The van der Waals surface area contributed by atoms with Crippen molar-refractivity contribution < 1.29 is 9.53 Å². The van der Waals surface area contributed by atoms with Crippen LogP contribution in [-0.4, -0.2) is 42.4 Å². The van der Waals surface area contributed by atoms with E-state index in [4.69, 9.17) is 16.3 Å². The quantitative estimate of drug-likeness (QED) is 0.727. The van der Waals surface area contributed by atoms with E-state index in [-0.39, 0.29) is 5.91 Å². The van der Waals surface area contributed by atoms with Crippen molar-refractivity contribution in [3.8, 4) is 11.3 Å². The lowest BCUT2D eigenvalue weighted by atomic mass is 10.1. The molecule has 0 aliphatic carbocycles. The molecule has 28 heavy (non-hydrogen) atoms. The van der Waals surface area contributed by atoms with Crippen LogP contribution in [0.2, 0.25) is 5.02 Å². The van der Waals surface area contributed by atoms with Gasteiger partial charge in [-0.05, 0) is 42.5 Å². The number of hydrogen-bond donors (Lipinski definition) is 1. The van der Waals surface area contributed by atoms with Crippen LogP contribution >= 0.6 is 11.6 Å². The Kier molecular flexibility index (Phi) is 5.50. The molecule has 1 aliphatic heterocycles. The van der Waals surface area contributed by atoms with Crippen LogP contribution in [0.15, 0.2) is 60.7 Å². The largest absolute Gasteiger partial charge is 0.378 e. The van der Waals surface area contributed by atoms with E-state index in [2.05, 4.69) is 20.4 Å². The van der Waals surface area contributed by atoms with Gasteiger partial charge in [0.25, 0.3) is 5.91 Å². The molecule has 2 aromatic carbocycles. The zero-order valence-electron chi connectivity index (χ0n) is 15.1. The lowest BCUT2D eigenvalue weighted by molar-refractivity contribution is 0.102. The summed E-state index contributed by atoms with van der Waals surface area (Å²) in [7, 11) is 0. The summed E-state index contributed by atoms with van der Waals surface area (Å²) in [4.78, 5) is 14.5. The minimum atomic E-state index is -0.204. The van der Waals surface area contributed by atoms with Crippen LogP contribution in [0.1, 0.15) is 10.4 Å². The van der Waals surface area contributed by atoms with Gasteiger partial charge in [0.2, 0.25) is 0 Å². The number of anilines is 2. The predicted octanol–water partition coefficient (Wildman–Crippen LogP) is 3.89. The molecule has 1 amide bonds. The Morgan fingerprint density at radius 3 is 2.46 bits per heavy atom. The molecule has 4 rings (SSSR count). The molecule has 0 unspecified atom stereocenters. The Morgan fingerprint density at radius 1 is 1.00 bits per heavy atom. The third kappa shape index (κ3) is 4.30. The molecule has 1 saturated heterocycles. The summed E-state index contributed by atoms with van der Waals surface area (Å²) < 4.78 is 5.36. The van der Waals surface area contributed by atoms with E-state index >= 15 is 0 Å². The summed E-state index contributed by atoms with van der Waals surface area (Å²) >= 11 is 5.94. The van der Waals surface area contributed by atoms with Crippen molar-refractivity contribution in [2.45, 2.75) is 0 Å². The highest BCUT2D eigenvalue weighted by Gasteiger charge is 2.13. The van der Waals surface area contributed by atoms with Gasteiger partial charge in [0, 0.05) is 34.9 Å². The number of halogens is 1. The molecular weight excluding hydrogens is 376 g/mol. The number of aromatic nitrogens is 2. The lowest BCUT2D eigenvalue weighted by Crippen LogP contribution is -2.36. The molecule has 0 atom stereocenters. The van der Waals surface area contributed by atoms with Gasteiger partial charge < -0.3 is 15.0 Å². The number of nitrogens with zero attached hydrogens (tertiary/aromatic N) is 3. The van der Waals surface area contributed by atoms with E-state index in [0.29, 0.717) is 29.5 Å². The number of carbonyl (C=O) groups excluding carboxylic acids is 1. The van der Waals surface area contributed by atoms with Gasteiger partial charge in [-0.1, -0.05) is 29.8 Å².